The van der Waals surface area contributed by atoms with Crippen molar-refractivity contribution in [3.8, 4) is 0 Å². The van der Waals surface area contributed by atoms with E-state index < -0.39 is 5.60 Å². The van der Waals surface area contributed by atoms with Crippen molar-refractivity contribution < 1.29 is 14.6 Å². The summed E-state index contributed by atoms with van der Waals surface area (Å²) in [5.74, 6) is 0.363. The number of aryl methyl sites for hydroxylation is 1. The number of benzene rings is 1. The molecule has 0 saturated carbocycles. The topological polar surface area (TPSA) is 61.8 Å². The Bertz CT molecular complexity index is 600. The molecule has 2 amide bonds. The molecule has 25 heavy (non-hydrogen) atoms. The van der Waals surface area contributed by atoms with Crippen molar-refractivity contribution in [1.29, 1.82) is 0 Å². The van der Waals surface area contributed by atoms with Gasteiger partial charge in [-0.2, -0.15) is 0 Å². The molecule has 3 rings (SSSR count). The lowest BCUT2D eigenvalue weighted by Gasteiger charge is -2.48. The number of ether oxygens (including phenoxy) is 1. The van der Waals surface area contributed by atoms with E-state index in [-0.39, 0.29) is 17.9 Å². The molecular weight excluding hydrogens is 316 g/mol. The Morgan fingerprint density at radius 1 is 1.36 bits per heavy atom. The average Bonchev–Trinajstić information content (AvgIpc) is 2.64. The van der Waals surface area contributed by atoms with E-state index in [1.807, 2.05) is 23.1 Å². The molecule has 2 atom stereocenters. The second-order valence-corrected chi connectivity index (χ2v) is 7.56. The van der Waals surface area contributed by atoms with Crippen molar-refractivity contribution in [3.05, 3.63) is 35.4 Å². The summed E-state index contributed by atoms with van der Waals surface area (Å²) in [6, 6.07) is 8.05. The van der Waals surface area contributed by atoms with Gasteiger partial charge in [-0.05, 0) is 43.2 Å². The molecule has 2 saturated heterocycles. The lowest BCUT2D eigenvalue weighted by atomic mass is 9.70. The van der Waals surface area contributed by atoms with Crippen LogP contribution >= 0.6 is 0 Å². The molecule has 2 heterocycles. The smallest absolute Gasteiger partial charge is 0.317 e. The average molecular weight is 346 g/mol. The van der Waals surface area contributed by atoms with Gasteiger partial charge in [-0.1, -0.05) is 31.2 Å². The predicted octanol–water partition coefficient (Wildman–Crippen LogP) is 2.70. The van der Waals surface area contributed by atoms with Gasteiger partial charge in [-0.3, -0.25) is 0 Å². The van der Waals surface area contributed by atoms with E-state index in [1.54, 1.807) is 0 Å². The number of carbonyl (C=O) groups excluding carboxylic acids is 1. The molecule has 0 spiro atoms. The van der Waals surface area contributed by atoms with E-state index in [4.69, 9.17) is 4.74 Å². The summed E-state index contributed by atoms with van der Waals surface area (Å²) >= 11 is 0. The van der Waals surface area contributed by atoms with E-state index in [0.717, 1.165) is 31.6 Å². The quantitative estimate of drug-likeness (QED) is 0.885. The highest BCUT2D eigenvalue weighted by atomic mass is 16.5. The molecular formula is C20H30N2O3. The molecule has 2 N–H and O–H groups in total. The number of carbonyl (C=O) groups is 1. The van der Waals surface area contributed by atoms with Gasteiger partial charge in [0.1, 0.15) is 0 Å². The van der Waals surface area contributed by atoms with E-state index in [1.165, 1.54) is 5.56 Å². The Kier molecular flexibility index (Phi) is 5.64. The minimum Gasteiger partial charge on any atom is -0.389 e. The largest absolute Gasteiger partial charge is 0.389 e. The fraction of sp³-hybridized carbons (Fsp3) is 0.650. The zero-order valence-electron chi connectivity index (χ0n) is 15.3. The van der Waals surface area contributed by atoms with Crippen molar-refractivity contribution in [1.82, 2.24) is 10.2 Å². The lowest BCUT2D eigenvalue weighted by Crippen LogP contribution is -2.58. The first-order valence-corrected chi connectivity index (χ1v) is 9.38. The van der Waals surface area contributed by atoms with Crippen molar-refractivity contribution in [2.45, 2.75) is 45.3 Å². The second kappa shape index (κ2) is 7.75. The van der Waals surface area contributed by atoms with Crippen LogP contribution in [0.1, 0.15) is 37.3 Å². The van der Waals surface area contributed by atoms with Crippen molar-refractivity contribution in [3.63, 3.8) is 0 Å². The summed E-state index contributed by atoms with van der Waals surface area (Å²) in [6.07, 6.45) is 2.48. The number of urea groups is 1. The minimum absolute atomic E-state index is 0.0378. The number of hydrogen-bond acceptors (Lipinski definition) is 3. The number of likely N-dealkylation sites (tertiary alicyclic amines) is 1. The fourth-order valence-corrected chi connectivity index (χ4v) is 4.22. The highest BCUT2D eigenvalue weighted by molar-refractivity contribution is 5.74. The van der Waals surface area contributed by atoms with Gasteiger partial charge < -0.3 is 20.1 Å². The summed E-state index contributed by atoms with van der Waals surface area (Å²) in [5.41, 5.74) is 1.65. The molecule has 2 fully saturated rings. The first kappa shape index (κ1) is 18.2. The first-order chi connectivity index (χ1) is 12.0. The van der Waals surface area contributed by atoms with Crippen molar-refractivity contribution in [2.75, 3.05) is 26.3 Å². The molecule has 0 aliphatic carbocycles. The van der Waals surface area contributed by atoms with Gasteiger partial charge in [0.2, 0.25) is 0 Å². The Labute approximate surface area is 150 Å². The zero-order valence-corrected chi connectivity index (χ0v) is 15.3. The summed E-state index contributed by atoms with van der Waals surface area (Å²) in [7, 11) is 0. The van der Waals surface area contributed by atoms with Crippen LogP contribution in [0, 0.1) is 18.8 Å². The van der Waals surface area contributed by atoms with Crippen LogP contribution in [0.5, 0.6) is 0 Å². The van der Waals surface area contributed by atoms with Gasteiger partial charge in [0.15, 0.2) is 0 Å². The number of rotatable bonds is 3. The van der Waals surface area contributed by atoms with Crippen LogP contribution in [0.3, 0.4) is 0 Å². The van der Waals surface area contributed by atoms with E-state index >= 15 is 0 Å². The van der Waals surface area contributed by atoms with Crippen LogP contribution in [-0.4, -0.2) is 47.9 Å². The molecule has 0 unspecified atom stereocenters. The van der Waals surface area contributed by atoms with Crippen LogP contribution in [0.15, 0.2) is 24.3 Å². The maximum atomic E-state index is 12.5. The molecule has 5 nitrogen and oxygen atoms in total. The maximum Gasteiger partial charge on any atom is 0.317 e. The Hall–Kier alpha value is -1.59. The Morgan fingerprint density at radius 2 is 2.08 bits per heavy atom. The van der Waals surface area contributed by atoms with Crippen LogP contribution in [0.4, 0.5) is 4.79 Å². The Morgan fingerprint density at radius 3 is 2.76 bits per heavy atom. The number of aliphatic hydroxyl groups is 1. The van der Waals surface area contributed by atoms with Crippen molar-refractivity contribution in [2.24, 2.45) is 11.8 Å². The first-order valence-electron chi connectivity index (χ1n) is 9.38. The SMILES string of the molecule is Cc1ccccc1CNC(=O)N1CC[C@@](O)(C2CCOCC2)[C@H](C)C1. The number of piperidine rings is 1. The van der Waals surface area contributed by atoms with Crippen molar-refractivity contribution >= 4 is 6.03 Å². The second-order valence-electron chi connectivity index (χ2n) is 7.56. The predicted molar refractivity (Wildman–Crippen MR) is 97.3 cm³/mol. The van der Waals surface area contributed by atoms with Crippen LogP contribution in [0.2, 0.25) is 0 Å². The summed E-state index contributed by atoms with van der Waals surface area (Å²) in [6.45, 7) is 7.35. The summed E-state index contributed by atoms with van der Waals surface area (Å²) < 4.78 is 5.43. The van der Waals surface area contributed by atoms with Gasteiger partial charge in [-0.15, -0.1) is 0 Å². The molecule has 5 heteroatoms. The molecule has 0 bridgehead atoms. The number of hydrogen-bond donors (Lipinski definition) is 2. The number of nitrogens with zero attached hydrogens (tertiary/aromatic N) is 1. The lowest BCUT2D eigenvalue weighted by molar-refractivity contribution is -0.125. The van der Waals surface area contributed by atoms with Crippen LogP contribution < -0.4 is 5.32 Å². The fourth-order valence-electron chi connectivity index (χ4n) is 4.22. The third-order valence-corrected chi connectivity index (χ3v) is 6.04. The number of nitrogens with one attached hydrogen (secondary N) is 1. The number of amides is 2. The highest BCUT2D eigenvalue weighted by Crippen LogP contribution is 2.39. The van der Waals surface area contributed by atoms with Crippen LogP contribution in [-0.2, 0) is 11.3 Å². The summed E-state index contributed by atoms with van der Waals surface area (Å²) in [4.78, 5) is 14.4. The molecule has 138 valence electrons. The van der Waals surface area contributed by atoms with Gasteiger partial charge in [-0.25, -0.2) is 4.79 Å². The summed E-state index contributed by atoms with van der Waals surface area (Å²) in [5, 5.41) is 14.2. The molecule has 2 aliphatic rings. The molecule has 0 aromatic heterocycles. The van der Waals surface area contributed by atoms with E-state index in [0.29, 0.717) is 26.1 Å². The van der Waals surface area contributed by atoms with E-state index in [2.05, 4.69) is 25.2 Å². The maximum absolute atomic E-state index is 12.5. The molecule has 2 aliphatic heterocycles. The molecule has 0 radical (unpaired) electrons. The highest BCUT2D eigenvalue weighted by Gasteiger charge is 2.45. The third kappa shape index (κ3) is 3.98. The zero-order chi connectivity index (χ0) is 17.9. The normalized spacial score (nSPS) is 28.0. The molecule has 1 aromatic rings. The standard InChI is InChI=1S/C20H30N2O3/c1-15-5-3-4-6-17(15)13-21-19(23)22-10-9-20(24,16(2)14-22)18-7-11-25-12-8-18/h3-6,16,18,24H,7-14H2,1-2H3,(H,21,23)/t16-,20+/m1/s1. The Balaban J connectivity index is 1.55. The van der Waals surface area contributed by atoms with Gasteiger partial charge in [0.25, 0.3) is 0 Å². The minimum atomic E-state index is -0.670. The van der Waals surface area contributed by atoms with Crippen LogP contribution in [0.25, 0.3) is 0 Å². The van der Waals surface area contributed by atoms with Gasteiger partial charge in [0.05, 0.1) is 5.60 Å². The monoisotopic (exact) mass is 346 g/mol. The van der Waals surface area contributed by atoms with Gasteiger partial charge >= 0.3 is 6.03 Å². The molecule has 1 aromatic carbocycles. The van der Waals surface area contributed by atoms with Gasteiger partial charge in [0, 0.05) is 38.8 Å². The van der Waals surface area contributed by atoms with E-state index in [9.17, 15) is 9.90 Å². The third-order valence-electron chi connectivity index (χ3n) is 6.04.